The van der Waals surface area contributed by atoms with Crippen molar-refractivity contribution >= 4 is 12.1 Å². The first-order valence-corrected chi connectivity index (χ1v) is 6.38. The number of halogens is 1. The van der Waals surface area contributed by atoms with Crippen LogP contribution in [0.1, 0.15) is 0 Å². The van der Waals surface area contributed by atoms with Crippen LogP contribution in [0.4, 0.5) is 10.1 Å². The number of nitrogens with one attached hydrogen (secondary N) is 2. The molecule has 1 heterocycles. The summed E-state index contributed by atoms with van der Waals surface area (Å²) in [6.07, 6.45) is 2.34. The van der Waals surface area contributed by atoms with E-state index in [2.05, 4.69) is 15.3 Å². The molecule has 0 radical (unpaired) electrons. The fraction of sp³-hybridized carbons (Fsp3) is 0. The van der Waals surface area contributed by atoms with E-state index in [-0.39, 0.29) is 5.82 Å². The summed E-state index contributed by atoms with van der Waals surface area (Å²) in [6, 6.07) is 13.5. The van der Waals surface area contributed by atoms with Crippen LogP contribution in [0.25, 0.3) is 22.6 Å². The molecule has 0 unspecified atom stereocenters. The van der Waals surface area contributed by atoms with Gasteiger partial charge in [-0.1, -0.05) is 12.1 Å². The standard InChI is InChI=1S/C16H12FN3O/c17-13-6-4-11(5-7-13)16-18-9-15(20-16)12-2-1-3-14(8-12)19-10-21/h1-10H,(H,18,20)(H,19,21). The average molecular weight is 281 g/mol. The summed E-state index contributed by atoms with van der Waals surface area (Å²) in [5.41, 5.74) is 3.25. The third-order valence-corrected chi connectivity index (χ3v) is 3.09. The van der Waals surface area contributed by atoms with Gasteiger partial charge in [0.2, 0.25) is 6.41 Å². The second-order valence-electron chi connectivity index (χ2n) is 4.50. The SMILES string of the molecule is O=CNc1cccc(-c2cnc(-c3ccc(F)cc3)[nH]2)c1. The highest BCUT2D eigenvalue weighted by molar-refractivity contribution is 5.75. The number of amides is 1. The Kier molecular flexibility index (Phi) is 3.47. The Hall–Kier alpha value is -2.95. The van der Waals surface area contributed by atoms with Crippen molar-refractivity contribution in [3.63, 3.8) is 0 Å². The van der Waals surface area contributed by atoms with Gasteiger partial charge in [0, 0.05) is 16.8 Å². The third kappa shape index (κ3) is 2.81. The number of carbonyl (C=O) groups is 1. The normalized spacial score (nSPS) is 10.3. The van der Waals surface area contributed by atoms with Crippen LogP contribution in [0.2, 0.25) is 0 Å². The van der Waals surface area contributed by atoms with Crippen molar-refractivity contribution in [2.24, 2.45) is 0 Å². The Morgan fingerprint density at radius 2 is 1.90 bits per heavy atom. The van der Waals surface area contributed by atoms with Crippen molar-refractivity contribution in [2.75, 3.05) is 5.32 Å². The molecule has 0 saturated heterocycles. The molecule has 0 spiro atoms. The molecule has 104 valence electrons. The molecule has 5 heteroatoms. The monoisotopic (exact) mass is 281 g/mol. The number of aromatic nitrogens is 2. The van der Waals surface area contributed by atoms with Gasteiger partial charge in [-0.25, -0.2) is 9.37 Å². The van der Waals surface area contributed by atoms with Crippen LogP contribution >= 0.6 is 0 Å². The van der Waals surface area contributed by atoms with Gasteiger partial charge in [0.1, 0.15) is 11.6 Å². The van der Waals surface area contributed by atoms with Crippen molar-refractivity contribution in [1.82, 2.24) is 9.97 Å². The number of H-pyrrole nitrogens is 1. The Labute approximate surface area is 120 Å². The lowest BCUT2D eigenvalue weighted by atomic mass is 10.1. The van der Waals surface area contributed by atoms with Gasteiger partial charge in [-0.05, 0) is 36.4 Å². The van der Waals surface area contributed by atoms with Crippen LogP contribution in [0.15, 0.2) is 54.7 Å². The lowest BCUT2D eigenvalue weighted by Gasteiger charge is -2.02. The van der Waals surface area contributed by atoms with Crippen LogP contribution in [0.3, 0.4) is 0 Å². The predicted octanol–water partition coefficient (Wildman–Crippen LogP) is 3.45. The summed E-state index contributed by atoms with van der Waals surface area (Å²) in [7, 11) is 0. The number of aromatic amines is 1. The molecule has 0 bridgehead atoms. The summed E-state index contributed by atoms with van der Waals surface area (Å²) < 4.78 is 12.9. The third-order valence-electron chi connectivity index (χ3n) is 3.09. The summed E-state index contributed by atoms with van der Waals surface area (Å²) in [5.74, 6) is 0.386. The maximum Gasteiger partial charge on any atom is 0.211 e. The van der Waals surface area contributed by atoms with Gasteiger partial charge in [0.05, 0.1) is 11.9 Å². The number of imidazole rings is 1. The highest BCUT2D eigenvalue weighted by atomic mass is 19.1. The zero-order valence-electron chi connectivity index (χ0n) is 11.0. The lowest BCUT2D eigenvalue weighted by molar-refractivity contribution is -0.105. The first-order valence-electron chi connectivity index (χ1n) is 6.38. The zero-order chi connectivity index (χ0) is 14.7. The van der Waals surface area contributed by atoms with Crippen molar-refractivity contribution in [3.8, 4) is 22.6 Å². The molecule has 4 nitrogen and oxygen atoms in total. The van der Waals surface area contributed by atoms with Gasteiger partial charge in [-0.15, -0.1) is 0 Å². The molecule has 21 heavy (non-hydrogen) atoms. The summed E-state index contributed by atoms with van der Waals surface area (Å²) in [4.78, 5) is 18.0. The Bertz CT molecular complexity index is 765. The molecule has 3 aromatic rings. The van der Waals surface area contributed by atoms with Gasteiger partial charge in [-0.3, -0.25) is 4.79 Å². The van der Waals surface area contributed by atoms with Gasteiger partial charge in [0.25, 0.3) is 0 Å². The van der Waals surface area contributed by atoms with E-state index >= 15 is 0 Å². The van der Waals surface area contributed by atoms with E-state index < -0.39 is 0 Å². The minimum atomic E-state index is -0.279. The van der Waals surface area contributed by atoms with Crippen molar-refractivity contribution in [2.45, 2.75) is 0 Å². The molecule has 0 aliphatic carbocycles. The van der Waals surface area contributed by atoms with Crippen LogP contribution in [-0.2, 0) is 4.79 Å². The first-order chi connectivity index (χ1) is 10.3. The molecular weight excluding hydrogens is 269 g/mol. The van der Waals surface area contributed by atoms with E-state index in [9.17, 15) is 9.18 Å². The van der Waals surface area contributed by atoms with E-state index in [1.807, 2.05) is 18.2 Å². The van der Waals surface area contributed by atoms with Crippen LogP contribution < -0.4 is 5.32 Å². The zero-order valence-corrected chi connectivity index (χ0v) is 11.0. The smallest absolute Gasteiger partial charge is 0.211 e. The topological polar surface area (TPSA) is 57.8 Å². The van der Waals surface area contributed by atoms with Gasteiger partial charge in [0.15, 0.2) is 0 Å². The number of hydrogen-bond donors (Lipinski definition) is 2. The average Bonchev–Trinajstić information content (AvgIpc) is 2.98. The molecule has 0 fully saturated rings. The van der Waals surface area contributed by atoms with Crippen molar-refractivity contribution in [3.05, 3.63) is 60.5 Å². The summed E-state index contributed by atoms with van der Waals surface area (Å²) in [6.45, 7) is 0. The van der Waals surface area contributed by atoms with E-state index in [1.54, 1.807) is 24.4 Å². The fourth-order valence-electron chi connectivity index (χ4n) is 2.07. The molecule has 1 aromatic heterocycles. The number of anilines is 1. The lowest BCUT2D eigenvalue weighted by Crippen LogP contribution is -1.93. The largest absolute Gasteiger partial charge is 0.338 e. The molecule has 1 amide bonds. The molecule has 2 N–H and O–H groups in total. The second-order valence-corrected chi connectivity index (χ2v) is 4.50. The molecule has 0 atom stereocenters. The highest BCUT2D eigenvalue weighted by Crippen LogP contribution is 2.24. The number of hydrogen-bond acceptors (Lipinski definition) is 2. The van der Waals surface area contributed by atoms with Crippen molar-refractivity contribution < 1.29 is 9.18 Å². The number of benzene rings is 2. The van der Waals surface area contributed by atoms with E-state index in [1.165, 1.54) is 12.1 Å². The molecule has 0 aliphatic rings. The number of carbonyl (C=O) groups excluding carboxylic acids is 1. The van der Waals surface area contributed by atoms with Gasteiger partial charge in [-0.2, -0.15) is 0 Å². The predicted molar refractivity (Wildman–Crippen MR) is 79.1 cm³/mol. The van der Waals surface area contributed by atoms with Crippen LogP contribution in [0, 0.1) is 5.82 Å². The number of rotatable bonds is 4. The minimum absolute atomic E-state index is 0.279. The quantitative estimate of drug-likeness (QED) is 0.720. The van der Waals surface area contributed by atoms with Crippen molar-refractivity contribution in [1.29, 1.82) is 0 Å². The highest BCUT2D eigenvalue weighted by Gasteiger charge is 2.06. The Morgan fingerprint density at radius 3 is 2.67 bits per heavy atom. The van der Waals surface area contributed by atoms with Gasteiger partial charge >= 0.3 is 0 Å². The van der Waals surface area contributed by atoms with E-state index in [0.717, 1.165) is 16.8 Å². The maximum atomic E-state index is 12.9. The molecule has 0 saturated carbocycles. The van der Waals surface area contributed by atoms with E-state index in [4.69, 9.17) is 0 Å². The Balaban J connectivity index is 1.92. The van der Waals surface area contributed by atoms with E-state index in [0.29, 0.717) is 17.9 Å². The first kappa shape index (κ1) is 13.1. The van der Waals surface area contributed by atoms with Crippen LogP contribution in [-0.4, -0.2) is 16.4 Å². The summed E-state index contributed by atoms with van der Waals surface area (Å²) in [5, 5.41) is 2.61. The molecule has 3 rings (SSSR count). The van der Waals surface area contributed by atoms with Crippen LogP contribution in [0.5, 0.6) is 0 Å². The summed E-state index contributed by atoms with van der Waals surface area (Å²) >= 11 is 0. The van der Waals surface area contributed by atoms with Gasteiger partial charge < -0.3 is 10.3 Å². The molecular formula is C16H12FN3O. The maximum absolute atomic E-state index is 12.9. The fourth-order valence-corrected chi connectivity index (χ4v) is 2.07. The second kappa shape index (κ2) is 5.58. The molecule has 2 aromatic carbocycles. The Morgan fingerprint density at radius 1 is 1.10 bits per heavy atom. The number of nitrogens with zero attached hydrogens (tertiary/aromatic N) is 1. The molecule has 0 aliphatic heterocycles. The minimum Gasteiger partial charge on any atom is -0.338 e.